The van der Waals surface area contributed by atoms with E-state index in [0.717, 1.165) is 11.6 Å². The van der Waals surface area contributed by atoms with Crippen molar-refractivity contribution in [3.63, 3.8) is 0 Å². The molecule has 0 atom stereocenters. The molecule has 1 aromatic carbocycles. The van der Waals surface area contributed by atoms with Gasteiger partial charge in [0.2, 0.25) is 0 Å². The highest BCUT2D eigenvalue weighted by atomic mass is 19.1. The number of pyridine rings is 1. The number of nitrogens with zero attached hydrogens (tertiary/aromatic N) is 1. The van der Waals surface area contributed by atoms with Crippen molar-refractivity contribution in [2.45, 2.75) is 6.61 Å². The highest BCUT2D eigenvalue weighted by molar-refractivity contribution is 5.39. The van der Waals surface area contributed by atoms with E-state index >= 15 is 0 Å². The third-order valence-corrected chi connectivity index (χ3v) is 2.35. The van der Waals surface area contributed by atoms with Crippen LogP contribution in [-0.4, -0.2) is 12.0 Å². The van der Waals surface area contributed by atoms with Gasteiger partial charge in [0, 0.05) is 13.1 Å². The second-order valence-corrected chi connectivity index (χ2v) is 3.63. The Hall–Kier alpha value is -2.17. The average Bonchev–Trinajstić information content (AvgIpc) is 2.39. The first kappa shape index (κ1) is 12.3. The summed E-state index contributed by atoms with van der Waals surface area (Å²) < 4.78 is 31.8. The summed E-state index contributed by atoms with van der Waals surface area (Å²) in [6.07, 6.45) is 0. The molecule has 2 aromatic rings. The Morgan fingerprint density at radius 1 is 1.17 bits per heavy atom. The summed E-state index contributed by atoms with van der Waals surface area (Å²) in [5.74, 6) is -1.83. The molecule has 18 heavy (non-hydrogen) atoms. The lowest BCUT2D eigenvalue weighted by Crippen LogP contribution is -2.04. The third kappa shape index (κ3) is 2.74. The summed E-state index contributed by atoms with van der Waals surface area (Å²) in [5, 5.41) is 2.53. The van der Waals surface area contributed by atoms with Crippen LogP contribution >= 0.6 is 0 Å². The number of hydrogen-bond acceptors (Lipinski definition) is 3. The fraction of sp³-hybridized carbons (Fsp3) is 0.154. The van der Waals surface area contributed by atoms with Crippen LogP contribution in [0.3, 0.4) is 0 Å². The van der Waals surface area contributed by atoms with Gasteiger partial charge in [-0.05, 0) is 5.56 Å². The third-order valence-electron chi connectivity index (χ3n) is 2.35. The molecule has 0 radical (unpaired) electrons. The maximum Gasteiger partial charge on any atom is 0.252 e. The summed E-state index contributed by atoms with van der Waals surface area (Å²) in [4.78, 5) is 3.72. The molecule has 94 valence electrons. The predicted octanol–water partition coefficient (Wildman–Crippen LogP) is 2.98. The van der Waals surface area contributed by atoms with Gasteiger partial charge in [0.25, 0.3) is 5.88 Å². The topological polar surface area (TPSA) is 34.2 Å². The van der Waals surface area contributed by atoms with Crippen molar-refractivity contribution in [2.75, 3.05) is 12.4 Å². The molecule has 0 bridgehead atoms. The molecule has 0 aliphatic heterocycles. The first-order chi connectivity index (χ1) is 8.70. The van der Waals surface area contributed by atoms with Crippen molar-refractivity contribution in [2.24, 2.45) is 0 Å². The lowest BCUT2D eigenvalue weighted by atomic mass is 10.2. The van der Waals surface area contributed by atoms with Gasteiger partial charge in [0.1, 0.15) is 6.61 Å². The van der Waals surface area contributed by atoms with E-state index in [4.69, 9.17) is 4.74 Å². The normalized spacial score (nSPS) is 10.2. The fourth-order valence-corrected chi connectivity index (χ4v) is 1.45. The maximum atomic E-state index is 13.4. The Labute approximate surface area is 103 Å². The van der Waals surface area contributed by atoms with E-state index in [-0.39, 0.29) is 18.3 Å². The van der Waals surface area contributed by atoms with Gasteiger partial charge in [-0.15, -0.1) is 0 Å². The molecule has 3 nitrogen and oxygen atoms in total. The standard InChI is InChI=1S/C13H12F2N2O/c1-16-12-10(14)7-11(15)13(17-12)18-8-9-5-3-2-4-6-9/h2-7H,8H2,1H3,(H,16,17). The lowest BCUT2D eigenvalue weighted by molar-refractivity contribution is 0.276. The molecule has 1 aromatic heterocycles. The highest BCUT2D eigenvalue weighted by Gasteiger charge is 2.12. The number of nitrogens with one attached hydrogen (secondary N) is 1. The first-order valence-electron chi connectivity index (χ1n) is 5.41. The summed E-state index contributed by atoms with van der Waals surface area (Å²) >= 11 is 0. The minimum atomic E-state index is -0.817. The number of anilines is 1. The summed E-state index contributed by atoms with van der Waals surface area (Å²) in [5.41, 5.74) is 0.883. The van der Waals surface area contributed by atoms with Gasteiger partial charge in [0.05, 0.1) is 0 Å². The van der Waals surface area contributed by atoms with Crippen molar-refractivity contribution in [3.8, 4) is 5.88 Å². The van der Waals surface area contributed by atoms with E-state index in [1.54, 1.807) is 0 Å². The zero-order valence-electron chi connectivity index (χ0n) is 9.78. The molecule has 1 N–H and O–H groups in total. The fourth-order valence-electron chi connectivity index (χ4n) is 1.45. The SMILES string of the molecule is CNc1nc(OCc2ccccc2)c(F)cc1F. The lowest BCUT2D eigenvalue weighted by Gasteiger charge is -2.08. The molecule has 0 aliphatic rings. The predicted molar refractivity (Wildman–Crippen MR) is 64.5 cm³/mol. The van der Waals surface area contributed by atoms with Crippen LogP contribution in [0.5, 0.6) is 5.88 Å². The summed E-state index contributed by atoms with van der Waals surface area (Å²) in [6, 6.07) is 10.0. The smallest absolute Gasteiger partial charge is 0.252 e. The second kappa shape index (κ2) is 5.44. The van der Waals surface area contributed by atoms with E-state index in [0.29, 0.717) is 0 Å². The zero-order chi connectivity index (χ0) is 13.0. The first-order valence-corrected chi connectivity index (χ1v) is 5.41. The van der Waals surface area contributed by atoms with Crippen LogP contribution in [0, 0.1) is 11.6 Å². The maximum absolute atomic E-state index is 13.4. The molecule has 0 spiro atoms. The van der Waals surface area contributed by atoms with Gasteiger partial charge >= 0.3 is 0 Å². The molecule has 0 aliphatic carbocycles. The van der Waals surface area contributed by atoms with Gasteiger partial charge in [-0.1, -0.05) is 30.3 Å². The van der Waals surface area contributed by atoms with E-state index in [9.17, 15) is 8.78 Å². The second-order valence-electron chi connectivity index (χ2n) is 3.63. The van der Waals surface area contributed by atoms with Crippen LogP contribution in [0.25, 0.3) is 0 Å². The Morgan fingerprint density at radius 2 is 1.89 bits per heavy atom. The molecule has 0 saturated heterocycles. The molecular weight excluding hydrogens is 238 g/mol. The summed E-state index contributed by atoms with van der Waals surface area (Å²) in [6.45, 7) is 0.180. The monoisotopic (exact) mass is 250 g/mol. The van der Waals surface area contributed by atoms with Crippen LogP contribution in [0.15, 0.2) is 36.4 Å². The quantitative estimate of drug-likeness (QED) is 0.905. The molecule has 0 saturated carbocycles. The van der Waals surface area contributed by atoms with Crippen molar-refractivity contribution >= 4 is 5.82 Å². The van der Waals surface area contributed by atoms with Gasteiger partial charge in [-0.2, -0.15) is 4.98 Å². The number of aromatic nitrogens is 1. The van der Waals surface area contributed by atoms with Gasteiger partial charge < -0.3 is 10.1 Å². The van der Waals surface area contributed by atoms with Crippen molar-refractivity contribution in [1.82, 2.24) is 4.98 Å². The average molecular weight is 250 g/mol. The van der Waals surface area contributed by atoms with E-state index in [1.165, 1.54) is 7.05 Å². The van der Waals surface area contributed by atoms with Crippen LogP contribution in [0.4, 0.5) is 14.6 Å². The van der Waals surface area contributed by atoms with Crippen LogP contribution in [0.1, 0.15) is 5.56 Å². The molecule has 0 unspecified atom stereocenters. The number of benzene rings is 1. The van der Waals surface area contributed by atoms with Crippen LogP contribution in [-0.2, 0) is 6.61 Å². The minimum Gasteiger partial charge on any atom is -0.471 e. The molecule has 0 amide bonds. The van der Waals surface area contributed by atoms with Crippen molar-refractivity contribution in [3.05, 3.63) is 53.6 Å². The highest BCUT2D eigenvalue weighted by Crippen LogP contribution is 2.21. The van der Waals surface area contributed by atoms with Crippen molar-refractivity contribution in [1.29, 1.82) is 0 Å². The molecule has 1 heterocycles. The van der Waals surface area contributed by atoms with E-state index < -0.39 is 11.6 Å². The number of rotatable bonds is 4. The Balaban J connectivity index is 2.14. The Kier molecular flexibility index (Phi) is 3.72. The van der Waals surface area contributed by atoms with Crippen LogP contribution < -0.4 is 10.1 Å². The largest absolute Gasteiger partial charge is 0.471 e. The molecule has 2 rings (SSSR count). The summed E-state index contributed by atoms with van der Waals surface area (Å²) in [7, 11) is 1.50. The van der Waals surface area contributed by atoms with Gasteiger partial charge in [-0.25, -0.2) is 8.78 Å². The Morgan fingerprint density at radius 3 is 2.56 bits per heavy atom. The number of hydrogen-bond donors (Lipinski definition) is 1. The number of halogens is 2. The van der Waals surface area contributed by atoms with Gasteiger partial charge in [-0.3, -0.25) is 0 Å². The van der Waals surface area contributed by atoms with Crippen molar-refractivity contribution < 1.29 is 13.5 Å². The molecule has 0 fully saturated rings. The van der Waals surface area contributed by atoms with Gasteiger partial charge in [0.15, 0.2) is 17.5 Å². The number of ether oxygens (including phenoxy) is 1. The Bertz CT molecular complexity index is 532. The van der Waals surface area contributed by atoms with E-state index in [2.05, 4.69) is 10.3 Å². The zero-order valence-corrected chi connectivity index (χ0v) is 9.78. The van der Waals surface area contributed by atoms with Crippen LogP contribution in [0.2, 0.25) is 0 Å². The molecule has 5 heteroatoms. The minimum absolute atomic E-state index is 0.0422. The van der Waals surface area contributed by atoms with E-state index in [1.807, 2.05) is 30.3 Å². The molecular formula is C13H12F2N2O.